The summed E-state index contributed by atoms with van der Waals surface area (Å²) in [6.45, 7) is 0.783. The molecule has 0 spiro atoms. The molecule has 1 amide bonds. The van der Waals surface area contributed by atoms with Crippen molar-refractivity contribution in [2.24, 2.45) is 0 Å². The first-order valence-corrected chi connectivity index (χ1v) is 5.29. The number of hydrogen-bond acceptors (Lipinski definition) is 2. The first-order valence-electron chi connectivity index (χ1n) is 4.76. The molecule has 0 bridgehead atoms. The molecule has 1 rings (SSSR count). The number of rotatable bonds is 5. The standard InChI is InChI=1S/C9H16ClNO2/c10-7-9(13)11(5-2-6-12)8-3-1-4-8/h8,12H,1-7H2. The molecule has 0 atom stereocenters. The van der Waals surface area contributed by atoms with Crippen LogP contribution in [0.25, 0.3) is 0 Å². The molecule has 0 aromatic rings. The molecule has 0 aliphatic heterocycles. The van der Waals surface area contributed by atoms with Crippen LogP contribution in [-0.2, 0) is 4.79 Å². The number of aliphatic hydroxyl groups excluding tert-OH is 1. The van der Waals surface area contributed by atoms with Gasteiger partial charge in [0.1, 0.15) is 5.88 Å². The quantitative estimate of drug-likeness (QED) is 0.680. The van der Waals surface area contributed by atoms with E-state index in [1.165, 1.54) is 6.42 Å². The molecule has 1 saturated carbocycles. The number of alkyl halides is 1. The van der Waals surface area contributed by atoms with Crippen LogP contribution in [0.2, 0.25) is 0 Å². The second-order valence-corrected chi connectivity index (χ2v) is 3.65. The van der Waals surface area contributed by atoms with Crippen molar-refractivity contribution in [3.63, 3.8) is 0 Å². The van der Waals surface area contributed by atoms with Crippen molar-refractivity contribution in [2.45, 2.75) is 31.7 Å². The van der Waals surface area contributed by atoms with Crippen LogP contribution in [0.4, 0.5) is 0 Å². The molecule has 1 N–H and O–H groups in total. The normalized spacial score (nSPS) is 16.8. The van der Waals surface area contributed by atoms with E-state index in [1.54, 1.807) is 0 Å². The maximum absolute atomic E-state index is 11.4. The van der Waals surface area contributed by atoms with E-state index in [0.717, 1.165) is 12.8 Å². The highest BCUT2D eigenvalue weighted by atomic mass is 35.5. The number of carbonyl (C=O) groups excluding carboxylic acids is 1. The number of halogens is 1. The fourth-order valence-electron chi connectivity index (χ4n) is 1.53. The summed E-state index contributed by atoms with van der Waals surface area (Å²) in [6, 6.07) is 0.387. The van der Waals surface area contributed by atoms with Gasteiger partial charge in [0.2, 0.25) is 5.91 Å². The fraction of sp³-hybridized carbons (Fsp3) is 0.889. The summed E-state index contributed by atoms with van der Waals surface area (Å²) in [5.41, 5.74) is 0. The van der Waals surface area contributed by atoms with Gasteiger partial charge in [-0.3, -0.25) is 4.79 Å². The largest absolute Gasteiger partial charge is 0.396 e. The predicted molar refractivity (Wildman–Crippen MR) is 51.8 cm³/mol. The van der Waals surface area contributed by atoms with E-state index in [0.29, 0.717) is 19.0 Å². The first-order chi connectivity index (χ1) is 6.29. The molecule has 1 aliphatic carbocycles. The molecule has 0 heterocycles. The van der Waals surface area contributed by atoms with Crippen LogP contribution in [0, 0.1) is 0 Å². The van der Waals surface area contributed by atoms with Crippen molar-refractivity contribution in [2.75, 3.05) is 19.0 Å². The van der Waals surface area contributed by atoms with Gasteiger partial charge < -0.3 is 10.0 Å². The highest BCUT2D eigenvalue weighted by Crippen LogP contribution is 2.25. The summed E-state index contributed by atoms with van der Waals surface area (Å²) in [5.74, 6) is 0.0573. The summed E-state index contributed by atoms with van der Waals surface area (Å²) >= 11 is 5.50. The predicted octanol–water partition coefficient (Wildman–Crippen LogP) is 0.989. The zero-order valence-corrected chi connectivity index (χ0v) is 8.46. The van der Waals surface area contributed by atoms with Gasteiger partial charge in [-0.1, -0.05) is 0 Å². The first kappa shape index (κ1) is 10.8. The van der Waals surface area contributed by atoms with Crippen LogP contribution < -0.4 is 0 Å². The van der Waals surface area contributed by atoms with Crippen molar-refractivity contribution >= 4 is 17.5 Å². The molecule has 0 saturated heterocycles. The van der Waals surface area contributed by atoms with Gasteiger partial charge in [-0.15, -0.1) is 11.6 Å². The number of nitrogens with zero attached hydrogens (tertiary/aromatic N) is 1. The van der Waals surface area contributed by atoms with Crippen molar-refractivity contribution in [1.82, 2.24) is 4.90 Å². The van der Waals surface area contributed by atoms with Crippen LogP contribution in [0.5, 0.6) is 0 Å². The zero-order valence-electron chi connectivity index (χ0n) is 7.71. The lowest BCUT2D eigenvalue weighted by Crippen LogP contribution is -2.45. The summed E-state index contributed by atoms with van der Waals surface area (Å²) in [4.78, 5) is 13.2. The maximum Gasteiger partial charge on any atom is 0.237 e. The summed E-state index contributed by atoms with van der Waals surface area (Å²) < 4.78 is 0. The molecule has 13 heavy (non-hydrogen) atoms. The third-order valence-corrected chi connectivity index (χ3v) is 2.74. The van der Waals surface area contributed by atoms with Gasteiger partial charge in [-0.05, 0) is 25.7 Å². The lowest BCUT2D eigenvalue weighted by atomic mass is 9.91. The van der Waals surface area contributed by atoms with E-state index in [9.17, 15) is 4.79 Å². The maximum atomic E-state index is 11.4. The number of hydrogen-bond donors (Lipinski definition) is 1. The van der Waals surface area contributed by atoms with Crippen LogP contribution in [-0.4, -0.2) is 41.0 Å². The van der Waals surface area contributed by atoms with Crippen molar-refractivity contribution in [1.29, 1.82) is 0 Å². The van der Waals surface area contributed by atoms with E-state index < -0.39 is 0 Å². The Morgan fingerprint density at radius 3 is 2.62 bits per heavy atom. The van der Waals surface area contributed by atoms with Gasteiger partial charge >= 0.3 is 0 Å². The highest BCUT2D eigenvalue weighted by Gasteiger charge is 2.27. The molecule has 0 aromatic carbocycles. The van der Waals surface area contributed by atoms with Gasteiger partial charge in [0.25, 0.3) is 0 Å². The molecule has 0 radical (unpaired) electrons. The Balaban J connectivity index is 2.37. The zero-order chi connectivity index (χ0) is 9.68. The molecule has 1 fully saturated rings. The highest BCUT2D eigenvalue weighted by molar-refractivity contribution is 6.27. The van der Waals surface area contributed by atoms with Crippen molar-refractivity contribution in [3.8, 4) is 0 Å². The molecular formula is C9H16ClNO2. The monoisotopic (exact) mass is 205 g/mol. The second-order valence-electron chi connectivity index (χ2n) is 3.38. The minimum atomic E-state index is -0.000170. The fourth-order valence-corrected chi connectivity index (χ4v) is 1.68. The van der Waals surface area contributed by atoms with E-state index in [2.05, 4.69) is 0 Å². The Morgan fingerprint density at radius 2 is 2.23 bits per heavy atom. The Bertz CT molecular complexity index is 171. The van der Waals surface area contributed by atoms with Gasteiger partial charge in [0.15, 0.2) is 0 Å². The Kier molecular flexibility index (Phi) is 4.53. The van der Waals surface area contributed by atoms with E-state index in [4.69, 9.17) is 16.7 Å². The van der Waals surface area contributed by atoms with Crippen molar-refractivity contribution in [3.05, 3.63) is 0 Å². The Labute approximate surface area is 83.7 Å². The van der Waals surface area contributed by atoms with Crippen LogP contribution in [0.3, 0.4) is 0 Å². The van der Waals surface area contributed by atoms with Gasteiger partial charge in [-0.25, -0.2) is 0 Å². The number of aliphatic hydroxyl groups is 1. The lowest BCUT2D eigenvalue weighted by Gasteiger charge is -2.37. The second kappa shape index (κ2) is 5.45. The summed E-state index contributed by atoms with van der Waals surface area (Å²) in [7, 11) is 0. The number of amides is 1. The molecule has 76 valence electrons. The van der Waals surface area contributed by atoms with Gasteiger partial charge in [0.05, 0.1) is 0 Å². The molecule has 0 unspecified atom stereocenters. The van der Waals surface area contributed by atoms with Crippen LogP contribution in [0.15, 0.2) is 0 Å². The van der Waals surface area contributed by atoms with E-state index in [-0.39, 0.29) is 18.4 Å². The minimum absolute atomic E-state index is 0.000170. The molecule has 3 nitrogen and oxygen atoms in total. The Morgan fingerprint density at radius 1 is 1.54 bits per heavy atom. The molecule has 1 aliphatic rings. The third-order valence-electron chi connectivity index (χ3n) is 2.51. The molecular weight excluding hydrogens is 190 g/mol. The average molecular weight is 206 g/mol. The van der Waals surface area contributed by atoms with Crippen LogP contribution in [0.1, 0.15) is 25.7 Å². The van der Waals surface area contributed by atoms with Gasteiger partial charge in [0, 0.05) is 19.2 Å². The topological polar surface area (TPSA) is 40.5 Å². The number of carbonyl (C=O) groups is 1. The smallest absolute Gasteiger partial charge is 0.237 e. The van der Waals surface area contributed by atoms with Crippen molar-refractivity contribution < 1.29 is 9.90 Å². The lowest BCUT2D eigenvalue weighted by molar-refractivity contribution is -0.132. The van der Waals surface area contributed by atoms with E-state index >= 15 is 0 Å². The summed E-state index contributed by atoms with van der Waals surface area (Å²) in [6.07, 6.45) is 4.04. The van der Waals surface area contributed by atoms with Crippen LogP contribution >= 0.6 is 11.6 Å². The Hall–Kier alpha value is -0.280. The summed E-state index contributed by atoms with van der Waals surface area (Å²) in [5, 5.41) is 8.67. The van der Waals surface area contributed by atoms with E-state index in [1.807, 2.05) is 4.90 Å². The van der Waals surface area contributed by atoms with Gasteiger partial charge in [-0.2, -0.15) is 0 Å². The minimum Gasteiger partial charge on any atom is -0.396 e. The third kappa shape index (κ3) is 2.85. The molecule has 4 heteroatoms. The molecule has 0 aromatic heterocycles. The SMILES string of the molecule is O=C(CCl)N(CCCO)C1CCC1. The average Bonchev–Trinajstić information content (AvgIpc) is 2.07.